The zero-order valence-corrected chi connectivity index (χ0v) is 7.96. The van der Waals surface area contributed by atoms with Gasteiger partial charge in [0, 0.05) is 0 Å². The molecule has 0 rings (SSSR count). The Balaban J connectivity index is 4.13. The van der Waals surface area contributed by atoms with Crippen molar-refractivity contribution in [2.75, 3.05) is 0 Å². The van der Waals surface area contributed by atoms with Crippen LogP contribution < -0.4 is 5.73 Å². The highest BCUT2D eigenvalue weighted by Crippen LogP contribution is 2.38. The summed E-state index contributed by atoms with van der Waals surface area (Å²) >= 11 is 4.12. The first-order chi connectivity index (χ1) is 5.24. The van der Waals surface area contributed by atoms with Crippen molar-refractivity contribution in [1.29, 1.82) is 0 Å². The van der Waals surface area contributed by atoms with Crippen molar-refractivity contribution in [3.63, 3.8) is 0 Å². The summed E-state index contributed by atoms with van der Waals surface area (Å²) in [7, 11) is 0. The summed E-state index contributed by atoms with van der Waals surface area (Å²) in [5, 5.41) is 8.36. The third kappa shape index (κ3) is 4.76. The summed E-state index contributed by atoms with van der Waals surface area (Å²) in [6.07, 6.45) is -1.02. The second-order valence-electron chi connectivity index (χ2n) is 2.17. The fraction of sp³-hybridized carbons (Fsp3) is 0.750. The number of carbonyl (C=O) groups is 1. The molecule has 0 aliphatic rings. The average molecular weight is 215 g/mol. The molecule has 0 aromatic carbocycles. The van der Waals surface area contributed by atoms with E-state index >= 15 is 0 Å². The molecule has 0 spiro atoms. The van der Waals surface area contributed by atoms with Crippen LogP contribution in [-0.4, -0.2) is 33.0 Å². The van der Waals surface area contributed by atoms with Crippen molar-refractivity contribution in [3.05, 3.63) is 0 Å². The van der Waals surface area contributed by atoms with Crippen LogP contribution in [0.4, 0.5) is 0 Å². The summed E-state index contributed by atoms with van der Waals surface area (Å²) in [6, 6.07) is -1.31. The molecule has 5 N–H and O–H groups in total. The van der Waals surface area contributed by atoms with Crippen LogP contribution in [0.15, 0.2) is 0 Å². The maximum atomic E-state index is 10.2. The molecule has 0 aromatic rings. The molecule has 0 aliphatic carbocycles. The van der Waals surface area contributed by atoms with E-state index in [1.54, 1.807) is 0 Å². The van der Waals surface area contributed by atoms with E-state index in [1.165, 1.54) is 6.92 Å². The van der Waals surface area contributed by atoms with Gasteiger partial charge in [-0.2, -0.15) is 0 Å². The number of carboxylic acid groups (broad SMARTS) is 1. The highest BCUT2D eigenvalue weighted by atomic mass is 32.5. The molecule has 0 saturated carbocycles. The van der Waals surface area contributed by atoms with Crippen LogP contribution in [0, 0.1) is 0 Å². The second-order valence-corrected chi connectivity index (χ2v) is 4.78. The third-order valence-electron chi connectivity index (χ3n) is 1.09. The summed E-state index contributed by atoms with van der Waals surface area (Å²) in [5.41, 5.74) is 5.09. The van der Waals surface area contributed by atoms with E-state index in [0.29, 0.717) is 0 Å². The molecule has 0 fully saturated rings. The van der Waals surface area contributed by atoms with Gasteiger partial charge >= 0.3 is 12.7 Å². The zero-order valence-electron chi connectivity index (χ0n) is 6.25. The number of rotatable bonds is 4. The van der Waals surface area contributed by atoms with Crippen molar-refractivity contribution < 1.29 is 24.2 Å². The predicted octanol–water partition coefficient (Wildman–Crippen LogP) is -0.988. The summed E-state index contributed by atoms with van der Waals surface area (Å²) < 4.78 is 4.39. The van der Waals surface area contributed by atoms with E-state index in [1.807, 2.05) is 0 Å². The van der Waals surface area contributed by atoms with E-state index in [0.717, 1.165) is 0 Å². The van der Waals surface area contributed by atoms with Crippen LogP contribution in [-0.2, 0) is 21.1 Å². The fourth-order valence-corrected chi connectivity index (χ4v) is 1.45. The molecule has 0 radical (unpaired) electrons. The van der Waals surface area contributed by atoms with Gasteiger partial charge in [0.25, 0.3) is 0 Å². The van der Waals surface area contributed by atoms with Gasteiger partial charge in [0.1, 0.15) is 6.04 Å². The first kappa shape index (κ1) is 12.0. The Morgan fingerprint density at radius 2 is 2.08 bits per heavy atom. The number of carboxylic acids is 1. The van der Waals surface area contributed by atoms with Gasteiger partial charge in [-0.05, 0) is 18.7 Å². The highest BCUT2D eigenvalue weighted by Gasteiger charge is 2.25. The van der Waals surface area contributed by atoms with Crippen molar-refractivity contribution in [2.24, 2.45) is 5.73 Å². The lowest BCUT2D eigenvalue weighted by atomic mass is 10.2. The second kappa shape index (κ2) is 4.27. The van der Waals surface area contributed by atoms with E-state index in [-0.39, 0.29) is 0 Å². The van der Waals surface area contributed by atoms with Gasteiger partial charge in [0.2, 0.25) is 0 Å². The predicted molar refractivity (Wildman–Crippen MR) is 44.9 cm³/mol. The van der Waals surface area contributed by atoms with Gasteiger partial charge in [-0.15, -0.1) is 0 Å². The van der Waals surface area contributed by atoms with Gasteiger partial charge in [-0.25, -0.2) is 0 Å². The first-order valence-electron chi connectivity index (χ1n) is 2.96. The molecule has 0 heterocycles. The normalized spacial score (nSPS) is 17.0. The maximum Gasteiger partial charge on any atom is 0.323 e. The van der Waals surface area contributed by atoms with Crippen LogP contribution in [0.1, 0.15) is 6.92 Å². The number of hydrogen-bond acceptors (Lipinski definition) is 4. The Hall–Kier alpha value is -0.0400. The van der Waals surface area contributed by atoms with Crippen LogP contribution in [0.25, 0.3) is 0 Å². The van der Waals surface area contributed by atoms with Crippen molar-refractivity contribution in [2.45, 2.75) is 19.1 Å². The first-order valence-corrected chi connectivity index (χ1v) is 5.59. The van der Waals surface area contributed by atoms with E-state index in [2.05, 4.69) is 16.3 Å². The zero-order chi connectivity index (χ0) is 9.94. The van der Waals surface area contributed by atoms with Crippen LogP contribution in [0.5, 0.6) is 0 Å². The fourth-order valence-electron chi connectivity index (χ4n) is 0.483. The van der Waals surface area contributed by atoms with Crippen molar-refractivity contribution in [3.8, 4) is 0 Å². The lowest BCUT2D eigenvalue weighted by molar-refractivity contribution is -0.140. The Morgan fingerprint density at radius 1 is 1.67 bits per heavy atom. The van der Waals surface area contributed by atoms with Gasteiger partial charge in [0.15, 0.2) is 0 Å². The van der Waals surface area contributed by atoms with Crippen molar-refractivity contribution >= 4 is 24.5 Å². The Labute approximate surface area is 74.2 Å². The quantitative estimate of drug-likeness (QED) is 0.445. The van der Waals surface area contributed by atoms with Crippen LogP contribution in [0.3, 0.4) is 0 Å². The van der Waals surface area contributed by atoms with Crippen LogP contribution >= 0.6 is 6.72 Å². The SMILES string of the molecule is C[C@@H](OP(O)(O)=S)[C@H](N)C(=O)O. The minimum Gasteiger partial charge on any atom is -0.480 e. The molecule has 8 heteroatoms. The molecule has 12 heavy (non-hydrogen) atoms. The van der Waals surface area contributed by atoms with Gasteiger partial charge in [0.05, 0.1) is 6.10 Å². The topological polar surface area (TPSA) is 113 Å². The Kier molecular flexibility index (Phi) is 4.25. The lowest BCUT2D eigenvalue weighted by Crippen LogP contribution is -2.41. The molecule has 0 amide bonds. The summed E-state index contributed by atoms with van der Waals surface area (Å²) in [6.45, 7) is -2.53. The van der Waals surface area contributed by atoms with Gasteiger partial charge in [-0.3, -0.25) is 4.79 Å². The van der Waals surface area contributed by atoms with E-state index in [4.69, 9.17) is 20.6 Å². The lowest BCUT2D eigenvalue weighted by Gasteiger charge is -2.18. The Morgan fingerprint density at radius 3 is 2.33 bits per heavy atom. The minimum atomic E-state index is -3.83. The minimum absolute atomic E-state index is 1.02. The number of aliphatic carboxylic acids is 1. The standard InChI is InChI=1S/C4H10NO5PS/c1-2(3(5)4(6)7)10-11(8,9)12/h2-3H,5H2,1H3,(H,6,7)(H2,8,9,12)/t2-,3+/m1/s1. The van der Waals surface area contributed by atoms with E-state index in [9.17, 15) is 4.79 Å². The average Bonchev–Trinajstić information content (AvgIpc) is 1.82. The number of nitrogens with two attached hydrogens (primary N) is 1. The molecule has 0 bridgehead atoms. The van der Waals surface area contributed by atoms with Gasteiger partial charge < -0.3 is 25.2 Å². The smallest absolute Gasteiger partial charge is 0.323 e. The van der Waals surface area contributed by atoms with Crippen molar-refractivity contribution in [1.82, 2.24) is 0 Å². The molecule has 0 aliphatic heterocycles. The van der Waals surface area contributed by atoms with Gasteiger partial charge in [-0.1, -0.05) is 0 Å². The third-order valence-corrected chi connectivity index (χ3v) is 1.96. The monoisotopic (exact) mass is 215 g/mol. The summed E-state index contributed by atoms with van der Waals surface area (Å²) in [4.78, 5) is 27.5. The summed E-state index contributed by atoms with van der Waals surface area (Å²) in [5.74, 6) is -1.29. The molecule has 0 aromatic heterocycles. The molecule has 72 valence electrons. The maximum absolute atomic E-state index is 10.2. The largest absolute Gasteiger partial charge is 0.480 e. The Bertz CT molecular complexity index is 215. The molecule has 6 nitrogen and oxygen atoms in total. The molecular formula is C4H10NO5PS. The molecule has 2 atom stereocenters. The highest BCUT2D eigenvalue weighted by molar-refractivity contribution is 8.06. The molecule has 0 saturated heterocycles. The molecular weight excluding hydrogens is 205 g/mol. The number of hydrogen-bond donors (Lipinski definition) is 4. The molecule has 0 unspecified atom stereocenters. The van der Waals surface area contributed by atoms with E-state index < -0.39 is 24.8 Å². The van der Waals surface area contributed by atoms with Crippen LogP contribution in [0.2, 0.25) is 0 Å².